The van der Waals surface area contributed by atoms with Crippen LogP contribution in [-0.4, -0.2) is 11.8 Å². The molecule has 1 heterocycles. The monoisotopic (exact) mass is 264 g/mol. The fraction of sp³-hybridized carbons (Fsp3) is 0.214. The number of pyridine rings is 1. The molecule has 1 aromatic carbocycles. The summed E-state index contributed by atoms with van der Waals surface area (Å²) in [6.07, 6.45) is 1.65. The SMILES string of the molecule is Cc1ccnc(C(N)c2ccc(OCF)c(F)c2)c1. The third-order valence-corrected chi connectivity index (χ3v) is 2.78. The van der Waals surface area contributed by atoms with Gasteiger partial charge in [0.2, 0.25) is 6.86 Å². The van der Waals surface area contributed by atoms with Crippen molar-refractivity contribution >= 4 is 0 Å². The van der Waals surface area contributed by atoms with Gasteiger partial charge >= 0.3 is 0 Å². The highest BCUT2D eigenvalue weighted by Gasteiger charge is 2.13. The molecule has 0 amide bonds. The zero-order valence-electron chi connectivity index (χ0n) is 10.4. The molecule has 1 atom stereocenters. The number of aryl methyl sites for hydroxylation is 1. The lowest BCUT2D eigenvalue weighted by atomic mass is 10.0. The van der Waals surface area contributed by atoms with Crippen LogP contribution < -0.4 is 10.5 Å². The summed E-state index contributed by atoms with van der Waals surface area (Å²) < 4.78 is 30.1. The van der Waals surface area contributed by atoms with Crippen LogP contribution in [0.15, 0.2) is 36.5 Å². The second-order valence-corrected chi connectivity index (χ2v) is 4.18. The van der Waals surface area contributed by atoms with Gasteiger partial charge < -0.3 is 10.5 Å². The summed E-state index contributed by atoms with van der Waals surface area (Å²) in [6.45, 7) is 0.860. The van der Waals surface area contributed by atoms with Crippen molar-refractivity contribution in [1.82, 2.24) is 4.98 Å². The van der Waals surface area contributed by atoms with E-state index in [4.69, 9.17) is 5.73 Å². The van der Waals surface area contributed by atoms with E-state index in [-0.39, 0.29) is 5.75 Å². The largest absolute Gasteiger partial charge is 0.460 e. The maximum atomic E-state index is 13.6. The number of rotatable bonds is 4. The lowest BCUT2D eigenvalue weighted by Gasteiger charge is -2.13. The fourth-order valence-corrected chi connectivity index (χ4v) is 1.79. The van der Waals surface area contributed by atoms with E-state index in [0.29, 0.717) is 11.3 Å². The van der Waals surface area contributed by atoms with Crippen molar-refractivity contribution in [3.63, 3.8) is 0 Å². The van der Waals surface area contributed by atoms with Gasteiger partial charge in [-0.1, -0.05) is 6.07 Å². The van der Waals surface area contributed by atoms with Crippen molar-refractivity contribution in [3.05, 3.63) is 59.2 Å². The van der Waals surface area contributed by atoms with Gasteiger partial charge in [-0.25, -0.2) is 8.78 Å². The molecule has 0 saturated carbocycles. The molecule has 3 nitrogen and oxygen atoms in total. The van der Waals surface area contributed by atoms with Crippen molar-refractivity contribution in [2.45, 2.75) is 13.0 Å². The van der Waals surface area contributed by atoms with Crippen LogP contribution >= 0.6 is 0 Å². The van der Waals surface area contributed by atoms with Crippen molar-refractivity contribution < 1.29 is 13.5 Å². The number of aromatic nitrogens is 1. The maximum Gasteiger partial charge on any atom is 0.228 e. The van der Waals surface area contributed by atoms with Gasteiger partial charge in [0.25, 0.3) is 0 Å². The third-order valence-electron chi connectivity index (χ3n) is 2.78. The van der Waals surface area contributed by atoms with Crippen LogP contribution in [0.5, 0.6) is 5.75 Å². The molecule has 1 aromatic heterocycles. The van der Waals surface area contributed by atoms with Gasteiger partial charge in [-0.2, -0.15) is 0 Å². The summed E-state index contributed by atoms with van der Waals surface area (Å²) in [4.78, 5) is 4.17. The molecule has 2 aromatic rings. The summed E-state index contributed by atoms with van der Waals surface area (Å²) in [6, 6.07) is 7.36. The summed E-state index contributed by atoms with van der Waals surface area (Å²) in [5, 5.41) is 0. The number of hydrogen-bond acceptors (Lipinski definition) is 3. The Bertz CT molecular complexity index is 575. The molecular weight excluding hydrogens is 250 g/mol. The Balaban J connectivity index is 2.29. The number of nitrogens with two attached hydrogens (primary N) is 1. The Hall–Kier alpha value is -2.01. The van der Waals surface area contributed by atoms with E-state index in [2.05, 4.69) is 9.72 Å². The van der Waals surface area contributed by atoms with Crippen molar-refractivity contribution in [1.29, 1.82) is 0 Å². The first-order chi connectivity index (χ1) is 9.11. The Labute approximate surface area is 110 Å². The van der Waals surface area contributed by atoms with Gasteiger partial charge in [0, 0.05) is 6.20 Å². The molecule has 0 aliphatic rings. The van der Waals surface area contributed by atoms with Gasteiger partial charge in [-0.15, -0.1) is 0 Å². The molecule has 5 heteroatoms. The lowest BCUT2D eigenvalue weighted by molar-refractivity contribution is 0.184. The highest BCUT2D eigenvalue weighted by molar-refractivity contribution is 5.35. The molecule has 0 bridgehead atoms. The molecule has 100 valence electrons. The van der Waals surface area contributed by atoms with Gasteiger partial charge in [-0.05, 0) is 42.3 Å². The molecule has 0 saturated heterocycles. The summed E-state index contributed by atoms with van der Waals surface area (Å²) >= 11 is 0. The number of nitrogens with zero attached hydrogens (tertiary/aromatic N) is 1. The second kappa shape index (κ2) is 5.75. The molecular formula is C14H14F2N2O. The zero-order chi connectivity index (χ0) is 13.8. The average molecular weight is 264 g/mol. The topological polar surface area (TPSA) is 48.1 Å². The number of hydrogen-bond donors (Lipinski definition) is 1. The number of ether oxygens (including phenoxy) is 1. The molecule has 0 fully saturated rings. The molecule has 1 unspecified atom stereocenters. The number of halogens is 2. The quantitative estimate of drug-likeness (QED) is 0.923. The predicted octanol–water partition coefficient (Wildman–Crippen LogP) is 2.88. The van der Waals surface area contributed by atoms with E-state index in [1.807, 2.05) is 19.1 Å². The first kappa shape index (κ1) is 13.4. The lowest BCUT2D eigenvalue weighted by Crippen LogP contribution is -2.14. The Morgan fingerprint density at radius 1 is 1.32 bits per heavy atom. The minimum absolute atomic E-state index is 0.129. The van der Waals surface area contributed by atoms with Crippen LogP contribution in [0.4, 0.5) is 8.78 Å². The first-order valence-electron chi connectivity index (χ1n) is 5.78. The first-order valence-corrected chi connectivity index (χ1v) is 5.78. The van der Waals surface area contributed by atoms with Crippen LogP contribution in [0.25, 0.3) is 0 Å². The van der Waals surface area contributed by atoms with E-state index >= 15 is 0 Å². The number of benzene rings is 1. The molecule has 0 radical (unpaired) electrons. The summed E-state index contributed by atoms with van der Waals surface area (Å²) in [5.41, 5.74) is 8.27. The smallest absolute Gasteiger partial charge is 0.228 e. The minimum atomic E-state index is -1.07. The number of alkyl halides is 1. The fourth-order valence-electron chi connectivity index (χ4n) is 1.79. The van der Waals surface area contributed by atoms with Gasteiger partial charge in [0.05, 0.1) is 11.7 Å². The third kappa shape index (κ3) is 3.06. The summed E-state index contributed by atoms with van der Waals surface area (Å²) in [7, 11) is 0. The van der Waals surface area contributed by atoms with Crippen LogP contribution in [0, 0.1) is 12.7 Å². The molecule has 2 N–H and O–H groups in total. The molecule has 0 aliphatic carbocycles. The Kier molecular flexibility index (Phi) is 4.06. The van der Waals surface area contributed by atoms with E-state index < -0.39 is 18.7 Å². The zero-order valence-corrected chi connectivity index (χ0v) is 10.4. The molecule has 19 heavy (non-hydrogen) atoms. The van der Waals surface area contributed by atoms with E-state index in [0.717, 1.165) is 5.56 Å². The Morgan fingerprint density at radius 3 is 2.74 bits per heavy atom. The van der Waals surface area contributed by atoms with Crippen LogP contribution in [0.2, 0.25) is 0 Å². The standard InChI is InChI=1S/C14H14F2N2O/c1-9-4-5-18-12(6-9)14(17)10-2-3-13(19-8-15)11(16)7-10/h2-7,14H,8,17H2,1H3. The highest BCUT2D eigenvalue weighted by atomic mass is 19.1. The second-order valence-electron chi connectivity index (χ2n) is 4.18. The van der Waals surface area contributed by atoms with Gasteiger partial charge in [0.15, 0.2) is 11.6 Å². The Morgan fingerprint density at radius 2 is 2.11 bits per heavy atom. The van der Waals surface area contributed by atoms with Gasteiger partial charge in [-0.3, -0.25) is 4.98 Å². The van der Waals surface area contributed by atoms with Crippen LogP contribution in [0.3, 0.4) is 0 Å². The molecule has 0 spiro atoms. The normalized spacial score (nSPS) is 12.2. The average Bonchev–Trinajstić information content (AvgIpc) is 2.40. The maximum absolute atomic E-state index is 13.6. The van der Waals surface area contributed by atoms with E-state index in [1.165, 1.54) is 12.1 Å². The van der Waals surface area contributed by atoms with Crippen molar-refractivity contribution in [2.24, 2.45) is 5.73 Å². The van der Waals surface area contributed by atoms with E-state index in [9.17, 15) is 8.78 Å². The molecule has 2 rings (SSSR count). The minimum Gasteiger partial charge on any atom is -0.460 e. The molecule has 0 aliphatic heterocycles. The highest BCUT2D eigenvalue weighted by Crippen LogP contribution is 2.24. The van der Waals surface area contributed by atoms with Crippen molar-refractivity contribution in [2.75, 3.05) is 6.86 Å². The van der Waals surface area contributed by atoms with Crippen molar-refractivity contribution in [3.8, 4) is 5.75 Å². The van der Waals surface area contributed by atoms with Crippen LogP contribution in [-0.2, 0) is 0 Å². The van der Waals surface area contributed by atoms with E-state index in [1.54, 1.807) is 12.3 Å². The van der Waals surface area contributed by atoms with Gasteiger partial charge in [0.1, 0.15) is 0 Å². The van der Waals surface area contributed by atoms with Crippen LogP contribution in [0.1, 0.15) is 22.9 Å². The predicted molar refractivity (Wildman–Crippen MR) is 68.0 cm³/mol. The summed E-state index contributed by atoms with van der Waals surface area (Å²) in [5.74, 6) is -0.770.